The summed E-state index contributed by atoms with van der Waals surface area (Å²) in [5.74, 6) is -0.103. The summed E-state index contributed by atoms with van der Waals surface area (Å²) in [6, 6.07) is 16.1. The molecule has 0 fully saturated rings. The van der Waals surface area contributed by atoms with Gasteiger partial charge in [-0.3, -0.25) is 4.79 Å². The number of aromatic nitrogens is 1. The molecule has 116 valence electrons. The third-order valence-corrected chi connectivity index (χ3v) is 3.96. The minimum Gasteiger partial charge on any atom is -0.357 e. The molecule has 0 saturated carbocycles. The molecule has 3 aromatic rings. The van der Waals surface area contributed by atoms with Crippen LogP contribution in [-0.2, 0) is 0 Å². The molecule has 2 nitrogen and oxygen atoms in total. The Kier molecular flexibility index (Phi) is 4.11. The summed E-state index contributed by atoms with van der Waals surface area (Å²) in [7, 11) is 0. The van der Waals surface area contributed by atoms with Crippen LogP contribution in [0.4, 0.5) is 4.39 Å². The van der Waals surface area contributed by atoms with Crippen molar-refractivity contribution in [3.8, 4) is 22.4 Å². The Bertz CT molecular complexity index is 817. The van der Waals surface area contributed by atoms with E-state index in [1.165, 1.54) is 12.1 Å². The van der Waals surface area contributed by atoms with Crippen LogP contribution in [0.3, 0.4) is 0 Å². The zero-order chi connectivity index (χ0) is 16.4. The lowest BCUT2D eigenvalue weighted by molar-refractivity contribution is 0.112. The Morgan fingerprint density at radius 1 is 0.957 bits per heavy atom. The first kappa shape index (κ1) is 15.2. The van der Waals surface area contributed by atoms with Gasteiger partial charge in [0.25, 0.3) is 0 Å². The van der Waals surface area contributed by atoms with Gasteiger partial charge in [0.2, 0.25) is 0 Å². The maximum Gasteiger partial charge on any atom is 0.152 e. The number of hydrogen-bond acceptors (Lipinski definition) is 1. The number of aldehydes is 1. The number of carbonyl (C=O) groups is 1. The number of H-pyrrole nitrogens is 1. The van der Waals surface area contributed by atoms with Crippen LogP contribution in [0.15, 0.2) is 54.6 Å². The van der Waals surface area contributed by atoms with Crippen molar-refractivity contribution < 1.29 is 9.18 Å². The Morgan fingerprint density at radius 3 is 2.17 bits per heavy atom. The van der Waals surface area contributed by atoms with Crippen molar-refractivity contribution >= 4 is 6.29 Å². The first-order chi connectivity index (χ1) is 11.1. The molecule has 3 heteroatoms. The van der Waals surface area contributed by atoms with Gasteiger partial charge < -0.3 is 4.98 Å². The number of halogens is 1. The zero-order valence-electron chi connectivity index (χ0n) is 13.1. The highest BCUT2D eigenvalue weighted by molar-refractivity contribution is 5.97. The van der Waals surface area contributed by atoms with E-state index in [4.69, 9.17) is 0 Å². The van der Waals surface area contributed by atoms with Crippen molar-refractivity contribution in [3.05, 3.63) is 71.7 Å². The molecule has 0 saturated heterocycles. The van der Waals surface area contributed by atoms with Crippen molar-refractivity contribution in [1.82, 2.24) is 4.98 Å². The molecule has 0 radical (unpaired) electrons. The summed E-state index contributed by atoms with van der Waals surface area (Å²) < 4.78 is 13.3. The minimum atomic E-state index is -0.290. The molecule has 23 heavy (non-hydrogen) atoms. The predicted octanol–water partition coefficient (Wildman–Crippen LogP) is 5.42. The second kappa shape index (κ2) is 6.21. The van der Waals surface area contributed by atoms with Crippen molar-refractivity contribution in [2.24, 2.45) is 0 Å². The summed E-state index contributed by atoms with van der Waals surface area (Å²) in [6.45, 7) is 4.09. The van der Waals surface area contributed by atoms with Crippen molar-refractivity contribution in [1.29, 1.82) is 0 Å². The van der Waals surface area contributed by atoms with Crippen LogP contribution >= 0.6 is 0 Å². The molecule has 0 aliphatic rings. The van der Waals surface area contributed by atoms with Gasteiger partial charge in [0.05, 0.1) is 5.69 Å². The highest BCUT2D eigenvalue weighted by Gasteiger charge is 2.21. The Hall–Kier alpha value is -2.68. The van der Waals surface area contributed by atoms with Gasteiger partial charge in [0, 0.05) is 16.8 Å². The lowest BCUT2D eigenvalue weighted by atomic mass is 9.95. The van der Waals surface area contributed by atoms with E-state index in [1.54, 1.807) is 12.1 Å². The zero-order valence-corrected chi connectivity index (χ0v) is 13.1. The number of nitrogens with one attached hydrogen (secondary N) is 1. The van der Waals surface area contributed by atoms with Crippen LogP contribution in [0.5, 0.6) is 0 Å². The third-order valence-electron chi connectivity index (χ3n) is 3.96. The van der Waals surface area contributed by atoms with Crippen LogP contribution < -0.4 is 0 Å². The maximum atomic E-state index is 13.3. The van der Waals surface area contributed by atoms with Crippen molar-refractivity contribution in [2.45, 2.75) is 19.8 Å². The van der Waals surface area contributed by atoms with Crippen LogP contribution in [0.2, 0.25) is 0 Å². The van der Waals surface area contributed by atoms with Gasteiger partial charge in [-0.1, -0.05) is 56.3 Å². The molecule has 0 aliphatic heterocycles. The predicted molar refractivity (Wildman–Crippen MR) is 91.1 cm³/mol. The number of aromatic amines is 1. The van der Waals surface area contributed by atoms with Crippen LogP contribution in [0.25, 0.3) is 22.4 Å². The topological polar surface area (TPSA) is 32.9 Å². The molecule has 0 spiro atoms. The smallest absolute Gasteiger partial charge is 0.152 e. The fourth-order valence-electron chi connectivity index (χ4n) is 2.85. The third kappa shape index (κ3) is 2.82. The summed E-state index contributed by atoms with van der Waals surface area (Å²) in [4.78, 5) is 15.1. The molecular formula is C20H18FNO. The largest absolute Gasteiger partial charge is 0.357 e. The standard InChI is InChI=1S/C20H18FNO/c1-13(2)19-17(12-23)18(14-8-10-16(21)11-9-14)20(22-19)15-6-4-3-5-7-15/h3-13,22H,1-2H3. The van der Waals surface area contributed by atoms with Gasteiger partial charge in [-0.05, 0) is 29.2 Å². The lowest BCUT2D eigenvalue weighted by Crippen LogP contribution is -1.93. The van der Waals surface area contributed by atoms with Gasteiger partial charge in [-0.2, -0.15) is 0 Å². The average Bonchev–Trinajstić information content (AvgIpc) is 2.96. The summed E-state index contributed by atoms with van der Waals surface area (Å²) in [5, 5.41) is 0. The van der Waals surface area contributed by atoms with Gasteiger partial charge in [0.1, 0.15) is 5.82 Å². The van der Waals surface area contributed by atoms with E-state index >= 15 is 0 Å². The van der Waals surface area contributed by atoms with Crippen molar-refractivity contribution in [3.63, 3.8) is 0 Å². The van der Waals surface area contributed by atoms with Crippen molar-refractivity contribution in [2.75, 3.05) is 0 Å². The van der Waals surface area contributed by atoms with E-state index in [0.29, 0.717) is 5.56 Å². The minimum absolute atomic E-state index is 0.187. The quantitative estimate of drug-likeness (QED) is 0.641. The van der Waals surface area contributed by atoms with E-state index in [2.05, 4.69) is 4.98 Å². The molecule has 0 aliphatic carbocycles. The molecular weight excluding hydrogens is 289 g/mol. The maximum absolute atomic E-state index is 13.3. The number of carbonyl (C=O) groups excluding carboxylic acids is 1. The fourth-order valence-corrected chi connectivity index (χ4v) is 2.85. The highest BCUT2D eigenvalue weighted by Crippen LogP contribution is 2.38. The number of hydrogen-bond donors (Lipinski definition) is 1. The van der Waals surface area contributed by atoms with E-state index in [-0.39, 0.29) is 11.7 Å². The lowest BCUT2D eigenvalue weighted by Gasteiger charge is -2.06. The van der Waals surface area contributed by atoms with E-state index in [0.717, 1.165) is 34.4 Å². The second-order valence-electron chi connectivity index (χ2n) is 5.85. The number of rotatable bonds is 4. The molecule has 0 atom stereocenters. The van der Waals surface area contributed by atoms with Gasteiger partial charge in [-0.15, -0.1) is 0 Å². The molecule has 0 amide bonds. The molecule has 2 aromatic carbocycles. The molecule has 1 N–H and O–H groups in total. The number of benzene rings is 2. The van der Waals surface area contributed by atoms with E-state index in [1.807, 2.05) is 44.2 Å². The van der Waals surface area contributed by atoms with Crippen LogP contribution in [0.1, 0.15) is 35.8 Å². The van der Waals surface area contributed by atoms with Gasteiger partial charge in [0.15, 0.2) is 6.29 Å². The highest BCUT2D eigenvalue weighted by atomic mass is 19.1. The second-order valence-corrected chi connectivity index (χ2v) is 5.85. The molecule has 3 rings (SSSR count). The molecule has 1 heterocycles. The van der Waals surface area contributed by atoms with Crippen LogP contribution in [-0.4, -0.2) is 11.3 Å². The first-order valence-electron chi connectivity index (χ1n) is 7.64. The van der Waals surface area contributed by atoms with Crippen LogP contribution in [0, 0.1) is 5.82 Å². The summed E-state index contributed by atoms with van der Waals surface area (Å²) in [5.41, 5.74) is 5.10. The summed E-state index contributed by atoms with van der Waals surface area (Å²) >= 11 is 0. The monoisotopic (exact) mass is 307 g/mol. The normalized spacial score (nSPS) is 11.0. The average molecular weight is 307 g/mol. The Balaban J connectivity index is 2.30. The first-order valence-corrected chi connectivity index (χ1v) is 7.64. The summed E-state index contributed by atoms with van der Waals surface area (Å²) in [6.07, 6.45) is 0.886. The molecule has 0 bridgehead atoms. The SMILES string of the molecule is CC(C)c1[nH]c(-c2ccccc2)c(-c2ccc(F)cc2)c1C=O. The van der Waals surface area contributed by atoms with Gasteiger partial charge in [-0.25, -0.2) is 4.39 Å². The van der Waals surface area contributed by atoms with Gasteiger partial charge >= 0.3 is 0 Å². The molecule has 0 unspecified atom stereocenters. The Morgan fingerprint density at radius 2 is 1.61 bits per heavy atom. The van der Waals surface area contributed by atoms with E-state index < -0.39 is 0 Å². The fraction of sp³-hybridized carbons (Fsp3) is 0.150. The molecule has 1 aromatic heterocycles. The van der Waals surface area contributed by atoms with E-state index in [9.17, 15) is 9.18 Å². The Labute approximate surface area is 135 Å².